The first kappa shape index (κ1) is 22.9. The Labute approximate surface area is 342 Å². The summed E-state index contributed by atoms with van der Waals surface area (Å²) >= 11 is 0.902. The molecule has 0 bridgehead atoms. The van der Waals surface area contributed by atoms with Crippen molar-refractivity contribution in [2.45, 2.75) is 0 Å². The molecule has 0 radical (unpaired) electrons. The van der Waals surface area contributed by atoms with E-state index in [-0.39, 0.29) is 54.8 Å². The predicted molar refractivity (Wildman–Crippen MR) is 233 cm³/mol. The minimum absolute atomic E-state index is 0.00965. The van der Waals surface area contributed by atoms with Gasteiger partial charge in [0.15, 0.2) is 17.5 Å². The molecule has 8 aromatic carbocycles. The van der Waals surface area contributed by atoms with Gasteiger partial charge in [0.25, 0.3) is 0 Å². The molecule has 262 valence electrons. The van der Waals surface area contributed by atoms with Gasteiger partial charge in [-0.25, -0.2) is 15.0 Å². The van der Waals surface area contributed by atoms with Gasteiger partial charge in [0.2, 0.25) is 0 Å². The highest BCUT2D eigenvalue weighted by Crippen LogP contribution is 2.39. The number of hydrogen-bond acceptors (Lipinski definition) is 5. The molecule has 3 aromatic heterocycles. The normalized spacial score (nSPS) is 14.3. The highest BCUT2D eigenvalue weighted by molar-refractivity contribution is 7.25. The lowest BCUT2D eigenvalue weighted by Gasteiger charge is -2.09. The number of fused-ring (bicyclic) bond motifs is 6. The molecule has 0 aliphatic rings. The van der Waals surface area contributed by atoms with E-state index in [2.05, 4.69) is 0 Å². The predicted octanol–water partition coefficient (Wildman–Crippen LogP) is 14.1. The lowest BCUT2D eigenvalue weighted by Crippen LogP contribution is -2.00. The van der Waals surface area contributed by atoms with Gasteiger partial charge >= 0.3 is 0 Å². The lowest BCUT2D eigenvalue weighted by molar-refractivity contribution is 0.669. The molecule has 0 spiro atoms. The highest BCUT2D eigenvalue weighted by Gasteiger charge is 2.17. The van der Waals surface area contributed by atoms with E-state index in [0.29, 0.717) is 22.3 Å². The number of hydrogen-bond donors (Lipinski definition) is 0. The van der Waals surface area contributed by atoms with Gasteiger partial charge in [0, 0.05) is 47.6 Å². The van der Waals surface area contributed by atoms with Crippen molar-refractivity contribution in [3.8, 4) is 67.5 Å². The van der Waals surface area contributed by atoms with E-state index in [9.17, 15) is 5.48 Å². The van der Waals surface area contributed by atoms with Crippen LogP contribution in [0, 0.1) is 0 Å². The summed E-state index contributed by atoms with van der Waals surface area (Å²) in [6, 6.07) is 33.5. The Kier molecular flexibility index (Phi) is 5.42. The number of benzene rings is 8. The Hall–Kier alpha value is -7.21. The SMILES string of the molecule is [2H]c1c([2H])c([2H])c(-c2c([2H])c([2H])c3sc4c([2H])c(-c5nc(-c6ccc(-c7ccccc7)cc6)nc(-c6ccc7oc8cc(-c9ccccc9)ccc8c7c6)n5)c([2H])c([2H])c4c3c2[2H])c([2H])c1[2H]. The first-order chi connectivity index (χ1) is 32.3. The summed E-state index contributed by atoms with van der Waals surface area (Å²) in [5.74, 6) is 0.419. The van der Waals surface area contributed by atoms with Crippen LogP contribution in [0.5, 0.6) is 0 Å². The number of nitrogens with zero attached hydrogens (tertiary/aromatic N) is 3. The van der Waals surface area contributed by atoms with E-state index in [1.807, 2.05) is 121 Å². The van der Waals surface area contributed by atoms with E-state index in [1.54, 1.807) is 0 Å². The summed E-state index contributed by atoms with van der Waals surface area (Å²) in [7, 11) is 0. The van der Waals surface area contributed by atoms with Gasteiger partial charge in [-0.15, -0.1) is 11.3 Å². The second-order valence-electron chi connectivity index (χ2n) is 13.1. The molecule has 0 unspecified atom stereocenters. The third-order valence-electron chi connectivity index (χ3n) is 9.71. The summed E-state index contributed by atoms with van der Waals surface area (Å²) in [6.45, 7) is 0. The van der Waals surface area contributed by atoms with Crippen LogP contribution in [0.2, 0.25) is 0 Å². The van der Waals surface area contributed by atoms with Crippen molar-refractivity contribution < 1.29 is 19.5 Å². The molecule has 3 heterocycles. The third kappa shape index (κ3) is 5.74. The van der Waals surface area contributed by atoms with Crippen molar-refractivity contribution >= 4 is 53.4 Å². The molecule has 0 aliphatic carbocycles. The van der Waals surface area contributed by atoms with E-state index in [1.165, 1.54) is 0 Å². The smallest absolute Gasteiger partial charge is 0.164 e. The van der Waals surface area contributed by atoms with Crippen LogP contribution in [0.1, 0.15) is 15.1 Å². The fourth-order valence-electron chi connectivity index (χ4n) is 6.92. The van der Waals surface area contributed by atoms with Gasteiger partial charge in [-0.2, -0.15) is 0 Å². The van der Waals surface area contributed by atoms with Gasteiger partial charge in [0.05, 0.1) is 15.1 Å². The summed E-state index contributed by atoms with van der Waals surface area (Å²) in [5.41, 5.74) is 5.74. The van der Waals surface area contributed by atoms with Crippen molar-refractivity contribution in [2.24, 2.45) is 0 Å². The van der Waals surface area contributed by atoms with Crippen LogP contribution in [0.4, 0.5) is 0 Å². The molecule has 0 aliphatic heterocycles. The molecule has 0 saturated heterocycles. The molecule has 0 fully saturated rings. The quantitative estimate of drug-likeness (QED) is 0.170. The number of aromatic nitrogens is 3. The van der Waals surface area contributed by atoms with Gasteiger partial charge in [-0.1, -0.05) is 139 Å². The summed E-state index contributed by atoms with van der Waals surface area (Å²) in [4.78, 5) is 14.7. The first-order valence-electron chi connectivity index (χ1n) is 23.3. The Bertz CT molecular complexity index is 3850. The Morgan fingerprint density at radius 1 is 0.375 bits per heavy atom. The van der Waals surface area contributed by atoms with Crippen molar-refractivity contribution in [3.05, 3.63) is 188 Å². The van der Waals surface area contributed by atoms with Crippen LogP contribution < -0.4 is 0 Å². The first-order valence-corrected chi connectivity index (χ1v) is 18.6. The van der Waals surface area contributed by atoms with Crippen molar-refractivity contribution in [1.82, 2.24) is 15.0 Å². The average Bonchev–Trinajstić information content (AvgIpc) is 3.95. The summed E-state index contributed by atoms with van der Waals surface area (Å²) in [5, 5.41) is 1.66. The molecule has 4 nitrogen and oxygen atoms in total. The molecule has 0 saturated carbocycles. The highest BCUT2D eigenvalue weighted by atomic mass is 32.1. The van der Waals surface area contributed by atoms with Crippen LogP contribution in [0.15, 0.2) is 192 Å². The Morgan fingerprint density at radius 3 is 1.77 bits per heavy atom. The topological polar surface area (TPSA) is 51.8 Å². The second-order valence-corrected chi connectivity index (χ2v) is 14.2. The van der Waals surface area contributed by atoms with E-state index in [0.717, 1.165) is 44.4 Å². The van der Waals surface area contributed by atoms with Crippen LogP contribution in [-0.4, -0.2) is 15.0 Å². The molecule has 0 N–H and O–H groups in total. The fourth-order valence-corrected chi connectivity index (χ4v) is 7.89. The Morgan fingerprint density at radius 2 is 1.00 bits per heavy atom. The van der Waals surface area contributed by atoms with Gasteiger partial charge in [0.1, 0.15) is 11.2 Å². The fraction of sp³-hybridized carbons (Fsp3) is 0. The molecular weight excluding hydrogens is 703 g/mol. The van der Waals surface area contributed by atoms with Crippen molar-refractivity contribution in [1.29, 1.82) is 0 Å². The maximum absolute atomic E-state index is 9.63. The van der Waals surface area contributed by atoms with E-state index in [4.69, 9.17) is 29.0 Å². The van der Waals surface area contributed by atoms with Gasteiger partial charge < -0.3 is 4.42 Å². The minimum atomic E-state index is -0.664. The maximum atomic E-state index is 9.63. The molecule has 0 atom stereocenters. The van der Waals surface area contributed by atoms with Crippen LogP contribution in [0.25, 0.3) is 110 Å². The number of furan rings is 1. The summed E-state index contributed by atoms with van der Waals surface area (Å²) in [6.07, 6.45) is 0. The molecule has 56 heavy (non-hydrogen) atoms. The van der Waals surface area contributed by atoms with Crippen molar-refractivity contribution in [2.75, 3.05) is 0 Å². The minimum Gasteiger partial charge on any atom is -0.456 e. The zero-order valence-electron chi connectivity index (χ0n) is 40.2. The zero-order chi connectivity index (χ0) is 46.6. The Balaban J connectivity index is 1.12. The maximum Gasteiger partial charge on any atom is 0.164 e. The summed E-state index contributed by atoms with van der Waals surface area (Å²) < 4.78 is 104. The average molecular weight is 745 g/mol. The molecular formula is C51H31N3OS. The lowest BCUT2D eigenvalue weighted by atomic mass is 10.0. The van der Waals surface area contributed by atoms with Gasteiger partial charge in [-0.05, 0) is 81.8 Å². The largest absolute Gasteiger partial charge is 0.456 e. The van der Waals surface area contributed by atoms with Crippen LogP contribution >= 0.6 is 11.3 Å². The molecule has 0 amide bonds. The van der Waals surface area contributed by atoms with Crippen LogP contribution in [0.3, 0.4) is 0 Å². The zero-order valence-corrected chi connectivity index (χ0v) is 30.0. The third-order valence-corrected chi connectivity index (χ3v) is 10.7. The van der Waals surface area contributed by atoms with E-state index < -0.39 is 66.0 Å². The van der Waals surface area contributed by atoms with E-state index >= 15 is 0 Å². The van der Waals surface area contributed by atoms with Crippen LogP contribution in [-0.2, 0) is 0 Å². The molecule has 11 rings (SSSR count). The second kappa shape index (κ2) is 13.3. The number of rotatable bonds is 6. The monoisotopic (exact) mass is 744 g/mol. The van der Waals surface area contributed by atoms with Gasteiger partial charge in [-0.3, -0.25) is 0 Å². The molecule has 5 heteroatoms. The molecule has 11 aromatic rings. The van der Waals surface area contributed by atoms with Crippen molar-refractivity contribution in [3.63, 3.8) is 0 Å². The standard InChI is InChI=1S/C51H31N3OS/c1-4-10-32(11-5-1)35-16-18-36(19-17-35)49-52-50(39-22-26-45-43(29-39)41-24-20-38(30-46(41)55-45)34-14-8-3-9-15-34)54-51(53-49)40-21-25-42-44-28-37(33-12-6-2-7-13-33)23-27-47(44)56-48(42)31-40/h1-31H/i2D,6D,7D,12D,13D,21D,23D,25D,27D,28D,31D. The number of thiophene rings is 1.